The van der Waals surface area contributed by atoms with E-state index in [2.05, 4.69) is 18.7 Å². The monoisotopic (exact) mass is 219 g/mol. The number of nitrogens with zero attached hydrogens (tertiary/aromatic N) is 1. The molecule has 0 radical (unpaired) electrons. The van der Waals surface area contributed by atoms with E-state index in [4.69, 9.17) is 4.74 Å². The highest BCUT2D eigenvalue weighted by Crippen LogP contribution is 2.23. The zero-order valence-electron chi connectivity index (χ0n) is 9.72. The molecular weight excluding hydrogens is 202 g/mol. The molecule has 0 bridgehead atoms. The second kappa shape index (κ2) is 4.66. The number of carbonyl (C=O) groups is 1. The molecule has 0 saturated carbocycles. The van der Waals surface area contributed by atoms with Gasteiger partial charge in [-0.3, -0.25) is 4.79 Å². The molecule has 86 valence electrons. The average Bonchev–Trinajstić information content (AvgIpc) is 2.27. The van der Waals surface area contributed by atoms with Gasteiger partial charge in [0, 0.05) is 24.3 Å². The third-order valence-electron chi connectivity index (χ3n) is 2.82. The number of para-hydroxylation sites is 1. The standard InChI is InChI=1S/C13H17NO2/c1-10-7-14(8-11(2)16-10)13-6-4-3-5-12(13)9-15/h3-6,9-11H,7-8H2,1-2H3/t10-,11-/m1/s1. The highest BCUT2D eigenvalue weighted by molar-refractivity contribution is 5.84. The van der Waals surface area contributed by atoms with Gasteiger partial charge >= 0.3 is 0 Å². The molecule has 16 heavy (non-hydrogen) atoms. The Balaban J connectivity index is 2.25. The van der Waals surface area contributed by atoms with E-state index in [1.807, 2.05) is 24.3 Å². The van der Waals surface area contributed by atoms with Gasteiger partial charge in [0.2, 0.25) is 0 Å². The number of carbonyl (C=O) groups excluding carboxylic acids is 1. The SMILES string of the molecule is C[C@@H]1CN(c2ccccc2C=O)C[C@@H](C)O1. The fourth-order valence-electron chi connectivity index (χ4n) is 2.25. The van der Waals surface area contributed by atoms with Crippen molar-refractivity contribution in [3.63, 3.8) is 0 Å². The Hall–Kier alpha value is -1.35. The molecule has 2 atom stereocenters. The van der Waals surface area contributed by atoms with Crippen molar-refractivity contribution in [3.8, 4) is 0 Å². The number of hydrogen-bond acceptors (Lipinski definition) is 3. The van der Waals surface area contributed by atoms with Crippen molar-refractivity contribution in [3.05, 3.63) is 29.8 Å². The summed E-state index contributed by atoms with van der Waals surface area (Å²) in [5.41, 5.74) is 1.77. The highest BCUT2D eigenvalue weighted by atomic mass is 16.5. The molecule has 2 rings (SSSR count). The molecule has 1 heterocycles. The van der Waals surface area contributed by atoms with Gasteiger partial charge in [0.15, 0.2) is 6.29 Å². The van der Waals surface area contributed by atoms with Gasteiger partial charge in [-0.2, -0.15) is 0 Å². The van der Waals surface area contributed by atoms with Crippen molar-refractivity contribution >= 4 is 12.0 Å². The number of ether oxygens (including phenoxy) is 1. The molecule has 3 nitrogen and oxygen atoms in total. The van der Waals surface area contributed by atoms with E-state index in [1.165, 1.54) is 0 Å². The molecule has 1 aliphatic rings. The van der Waals surface area contributed by atoms with Crippen molar-refractivity contribution < 1.29 is 9.53 Å². The maximum Gasteiger partial charge on any atom is 0.152 e. The summed E-state index contributed by atoms with van der Waals surface area (Å²) in [5, 5.41) is 0. The molecule has 1 aromatic rings. The van der Waals surface area contributed by atoms with Gasteiger partial charge in [0.05, 0.1) is 12.2 Å². The predicted molar refractivity (Wildman–Crippen MR) is 64.1 cm³/mol. The van der Waals surface area contributed by atoms with Crippen molar-refractivity contribution in [2.45, 2.75) is 26.1 Å². The van der Waals surface area contributed by atoms with Gasteiger partial charge in [-0.25, -0.2) is 0 Å². The molecule has 0 unspecified atom stereocenters. The first kappa shape index (κ1) is 11.1. The summed E-state index contributed by atoms with van der Waals surface area (Å²) in [6.07, 6.45) is 1.34. The van der Waals surface area contributed by atoms with Gasteiger partial charge in [-0.1, -0.05) is 12.1 Å². The van der Waals surface area contributed by atoms with Crippen LogP contribution >= 0.6 is 0 Å². The first-order valence-corrected chi connectivity index (χ1v) is 5.65. The minimum Gasteiger partial charge on any atom is -0.372 e. The van der Waals surface area contributed by atoms with Crippen LogP contribution in [0.15, 0.2) is 24.3 Å². The van der Waals surface area contributed by atoms with E-state index >= 15 is 0 Å². The van der Waals surface area contributed by atoms with Crippen LogP contribution in [0.5, 0.6) is 0 Å². The molecule has 1 aromatic carbocycles. The maximum atomic E-state index is 11.0. The summed E-state index contributed by atoms with van der Waals surface area (Å²) in [6.45, 7) is 5.81. The first-order valence-electron chi connectivity index (χ1n) is 5.65. The largest absolute Gasteiger partial charge is 0.372 e. The Kier molecular flexibility index (Phi) is 3.25. The average molecular weight is 219 g/mol. The van der Waals surface area contributed by atoms with Gasteiger partial charge in [0.25, 0.3) is 0 Å². The van der Waals surface area contributed by atoms with Gasteiger partial charge in [0.1, 0.15) is 0 Å². The Labute approximate surface area is 96.0 Å². The second-order valence-corrected chi connectivity index (χ2v) is 4.34. The lowest BCUT2D eigenvalue weighted by Gasteiger charge is -2.37. The van der Waals surface area contributed by atoms with E-state index in [9.17, 15) is 4.79 Å². The quantitative estimate of drug-likeness (QED) is 0.713. The van der Waals surface area contributed by atoms with Crippen LogP contribution in [0.4, 0.5) is 5.69 Å². The van der Waals surface area contributed by atoms with Crippen LogP contribution in [-0.4, -0.2) is 31.6 Å². The fraction of sp³-hybridized carbons (Fsp3) is 0.462. The van der Waals surface area contributed by atoms with Crippen LogP contribution in [0.3, 0.4) is 0 Å². The van der Waals surface area contributed by atoms with Crippen LogP contribution in [0.2, 0.25) is 0 Å². The van der Waals surface area contributed by atoms with Crippen LogP contribution in [0.25, 0.3) is 0 Å². The van der Waals surface area contributed by atoms with Crippen molar-refractivity contribution in [2.75, 3.05) is 18.0 Å². The Bertz CT molecular complexity index is 368. The molecule has 0 amide bonds. The molecule has 0 aromatic heterocycles. The van der Waals surface area contributed by atoms with Crippen LogP contribution in [0.1, 0.15) is 24.2 Å². The second-order valence-electron chi connectivity index (χ2n) is 4.34. The molecular formula is C13H17NO2. The summed E-state index contributed by atoms with van der Waals surface area (Å²) >= 11 is 0. The normalized spacial score (nSPS) is 25.5. The van der Waals surface area contributed by atoms with E-state index in [0.29, 0.717) is 0 Å². The molecule has 1 saturated heterocycles. The van der Waals surface area contributed by atoms with E-state index in [0.717, 1.165) is 30.6 Å². The molecule has 0 N–H and O–H groups in total. The molecule has 0 aliphatic carbocycles. The van der Waals surface area contributed by atoms with Crippen molar-refractivity contribution in [2.24, 2.45) is 0 Å². The molecule has 1 aliphatic heterocycles. The maximum absolute atomic E-state index is 11.0. The minimum absolute atomic E-state index is 0.212. The molecule has 3 heteroatoms. The van der Waals surface area contributed by atoms with Crippen molar-refractivity contribution in [1.29, 1.82) is 0 Å². The van der Waals surface area contributed by atoms with Crippen LogP contribution < -0.4 is 4.90 Å². The van der Waals surface area contributed by atoms with Crippen molar-refractivity contribution in [1.82, 2.24) is 0 Å². The fourth-order valence-corrected chi connectivity index (χ4v) is 2.25. The Morgan fingerprint density at radius 2 is 1.88 bits per heavy atom. The molecule has 0 spiro atoms. The summed E-state index contributed by atoms with van der Waals surface area (Å²) in [5.74, 6) is 0. The zero-order valence-corrected chi connectivity index (χ0v) is 9.72. The number of hydrogen-bond donors (Lipinski definition) is 0. The topological polar surface area (TPSA) is 29.5 Å². The Morgan fingerprint density at radius 1 is 1.25 bits per heavy atom. The lowest BCUT2D eigenvalue weighted by Crippen LogP contribution is -2.45. The Morgan fingerprint density at radius 3 is 2.50 bits per heavy atom. The summed E-state index contributed by atoms with van der Waals surface area (Å²) in [7, 11) is 0. The van der Waals surface area contributed by atoms with Gasteiger partial charge < -0.3 is 9.64 Å². The lowest BCUT2D eigenvalue weighted by molar-refractivity contribution is -0.00525. The number of anilines is 1. The van der Waals surface area contributed by atoms with E-state index in [-0.39, 0.29) is 12.2 Å². The minimum atomic E-state index is 0.212. The van der Waals surface area contributed by atoms with Gasteiger partial charge in [-0.15, -0.1) is 0 Å². The smallest absolute Gasteiger partial charge is 0.152 e. The number of rotatable bonds is 2. The van der Waals surface area contributed by atoms with Gasteiger partial charge in [-0.05, 0) is 26.0 Å². The zero-order chi connectivity index (χ0) is 11.5. The summed E-state index contributed by atoms with van der Waals surface area (Å²) in [4.78, 5) is 13.2. The highest BCUT2D eigenvalue weighted by Gasteiger charge is 2.23. The molecule has 1 fully saturated rings. The number of morpholine rings is 1. The third kappa shape index (κ3) is 2.25. The lowest BCUT2D eigenvalue weighted by atomic mass is 10.1. The number of aldehydes is 1. The summed E-state index contributed by atoms with van der Waals surface area (Å²) < 4.78 is 5.68. The van der Waals surface area contributed by atoms with E-state index < -0.39 is 0 Å². The van der Waals surface area contributed by atoms with Crippen LogP contribution in [0, 0.1) is 0 Å². The summed E-state index contributed by atoms with van der Waals surface area (Å²) in [6, 6.07) is 7.70. The predicted octanol–water partition coefficient (Wildman–Crippen LogP) is 2.11. The third-order valence-corrected chi connectivity index (χ3v) is 2.82. The van der Waals surface area contributed by atoms with E-state index in [1.54, 1.807) is 0 Å². The van der Waals surface area contributed by atoms with Crippen LogP contribution in [-0.2, 0) is 4.74 Å². The number of benzene rings is 1. The first-order chi connectivity index (χ1) is 7.70.